The fraction of sp³-hybridized carbons (Fsp3) is 0.154. The second-order valence-electron chi connectivity index (χ2n) is 4.13. The quantitative estimate of drug-likeness (QED) is 0.743. The zero-order valence-electron chi connectivity index (χ0n) is 10.2. The summed E-state index contributed by atoms with van der Waals surface area (Å²) in [5, 5.41) is 9.03. The maximum atomic E-state index is 11.4. The van der Waals surface area contributed by atoms with Crippen LogP contribution < -0.4 is 5.76 Å². The summed E-state index contributed by atoms with van der Waals surface area (Å²) in [5.74, 6) is -0.0435. The third-order valence-electron chi connectivity index (χ3n) is 2.93. The van der Waals surface area contributed by atoms with Gasteiger partial charge in [-0.15, -0.1) is 0 Å². The van der Waals surface area contributed by atoms with Crippen LogP contribution in [0.15, 0.2) is 39.7 Å². The van der Waals surface area contributed by atoms with Gasteiger partial charge in [0.25, 0.3) is 0 Å². The van der Waals surface area contributed by atoms with E-state index in [-0.39, 0.29) is 6.61 Å². The van der Waals surface area contributed by atoms with Crippen molar-refractivity contribution in [3.63, 3.8) is 0 Å². The molecule has 0 aliphatic rings. The SMILES string of the molecule is Cn1c(=O)oc2cc(-c3ccnc(CO)n3)ccc21. The fourth-order valence-electron chi connectivity index (χ4n) is 1.93. The lowest BCUT2D eigenvalue weighted by Crippen LogP contribution is -2.08. The third-order valence-corrected chi connectivity index (χ3v) is 2.93. The first-order valence-corrected chi connectivity index (χ1v) is 5.72. The van der Waals surface area contributed by atoms with Gasteiger partial charge in [0, 0.05) is 18.8 Å². The first kappa shape index (κ1) is 11.6. The molecule has 0 radical (unpaired) electrons. The van der Waals surface area contributed by atoms with Crippen LogP contribution in [0.5, 0.6) is 0 Å². The summed E-state index contributed by atoms with van der Waals surface area (Å²) < 4.78 is 6.57. The molecule has 0 aliphatic carbocycles. The lowest BCUT2D eigenvalue weighted by Gasteiger charge is -2.02. The summed E-state index contributed by atoms with van der Waals surface area (Å²) in [6.45, 7) is -0.212. The Labute approximate surface area is 108 Å². The zero-order valence-corrected chi connectivity index (χ0v) is 10.2. The second kappa shape index (κ2) is 4.33. The predicted octanol–water partition coefficient (Wildman–Crippen LogP) is 1.08. The molecule has 0 amide bonds. The van der Waals surface area contributed by atoms with Gasteiger partial charge in [-0.2, -0.15) is 0 Å². The van der Waals surface area contributed by atoms with Gasteiger partial charge < -0.3 is 9.52 Å². The van der Waals surface area contributed by atoms with E-state index < -0.39 is 5.76 Å². The Hall–Kier alpha value is -2.47. The van der Waals surface area contributed by atoms with Gasteiger partial charge in [-0.1, -0.05) is 6.07 Å². The molecular formula is C13H11N3O3. The normalized spacial score (nSPS) is 11.1. The van der Waals surface area contributed by atoms with E-state index in [1.165, 1.54) is 4.57 Å². The van der Waals surface area contributed by atoms with Gasteiger partial charge in [-0.25, -0.2) is 14.8 Å². The Bertz CT molecular complexity index is 804. The van der Waals surface area contributed by atoms with Crippen LogP contribution in [-0.2, 0) is 13.7 Å². The Morgan fingerprint density at radius 2 is 2.21 bits per heavy atom. The maximum absolute atomic E-state index is 11.4. The van der Waals surface area contributed by atoms with Crippen LogP contribution in [0.3, 0.4) is 0 Å². The van der Waals surface area contributed by atoms with Gasteiger partial charge in [0.2, 0.25) is 0 Å². The molecule has 0 saturated carbocycles. The van der Waals surface area contributed by atoms with Crippen molar-refractivity contribution in [2.75, 3.05) is 0 Å². The molecule has 1 N–H and O–H groups in total. The van der Waals surface area contributed by atoms with Crippen molar-refractivity contribution >= 4 is 11.1 Å². The minimum Gasteiger partial charge on any atom is -0.408 e. The number of aliphatic hydroxyl groups excluding tert-OH is 1. The number of benzene rings is 1. The summed E-state index contributed by atoms with van der Waals surface area (Å²) in [7, 11) is 1.66. The van der Waals surface area contributed by atoms with Gasteiger partial charge in [0.1, 0.15) is 6.61 Å². The maximum Gasteiger partial charge on any atom is 0.419 e. The van der Waals surface area contributed by atoms with E-state index in [0.717, 1.165) is 11.1 Å². The van der Waals surface area contributed by atoms with E-state index in [1.807, 2.05) is 6.07 Å². The minimum absolute atomic E-state index is 0.212. The van der Waals surface area contributed by atoms with Gasteiger partial charge >= 0.3 is 5.76 Å². The third kappa shape index (κ3) is 1.92. The highest BCUT2D eigenvalue weighted by Gasteiger charge is 2.08. The highest BCUT2D eigenvalue weighted by molar-refractivity contribution is 5.79. The van der Waals surface area contributed by atoms with Crippen LogP contribution in [0.2, 0.25) is 0 Å². The average Bonchev–Trinajstić information content (AvgIpc) is 2.73. The first-order chi connectivity index (χ1) is 9.19. The van der Waals surface area contributed by atoms with Crippen LogP contribution >= 0.6 is 0 Å². The summed E-state index contributed by atoms with van der Waals surface area (Å²) in [5.41, 5.74) is 2.71. The van der Waals surface area contributed by atoms with Gasteiger partial charge in [-0.3, -0.25) is 4.57 Å². The van der Waals surface area contributed by atoms with Crippen LogP contribution in [0.1, 0.15) is 5.82 Å². The smallest absolute Gasteiger partial charge is 0.408 e. The number of oxazole rings is 1. The molecule has 6 nitrogen and oxygen atoms in total. The standard InChI is InChI=1S/C13H11N3O3/c1-16-10-3-2-8(6-11(10)19-13(16)18)9-4-5-14-12(7-17)15-9/h2-6,17H,7H2,1H3. The molecule has 3 rings (SSSR count). The van der Waals surface area contributed by atoms with Crippen LogP contribution in [0.25, 0.3) is 22.4 Å². The summed E-state index contributed by atoms with van der Waals surface area (Å²) in [6.07, 6.45) is 1.58. The Balaban J connectivity index is 2.17. The fourth-order valence-corrected chi connectivity index (χ4v) is 1.93. The number of rotatable bonds is 2. The molecular weight excluding hydrogens is 246 g/mol. The molecule has 0 bridgehead atoms. The summed E-state index contributed by atoms with van der Waals surface area (Å²) in [6, 6.07) is 7.14. The van der Waals surface area contributed by atoms with Gasteiger partial charge in [0.05, 0.1) is 11.2 Å². The van der Waals surface area contributed by atoms with Gasteiger partial charge in [0.15, 0.2) is 11.4 Å². The lowest BCUT2D eigenvalue weighted by molar-refractivity contribution is 0.271. The van der Waals surface area contributed by atoms with Crippen LogP contribution in [-0.4, -0.2) is 19.6 Å². The number of hydrogen-bond acceptors (Lipinski definition) is 5. The Morgan fingerprint density at radius 1 is 1.37 bits per heavy atom. The topological polar surface area (TPSA) is 81.2 Å². The van der Waals surface area contributed by atoms with E-state index >= 15 is 0 Å². The first-order valence-electron chi connectivity index (χ1n) is 5.72. The van der Waals surface area contributed by atoms with Crippen LogP contribution in [0.4, 0.5) is 0 Å². The molecule has 0 fully saturated rings. The number of hydrogen-bond donors (Lipinski definition) is 1. The average molecular weight is 257 g/mol. The number of fused-ring (bicyclic) bond motifs is 1. The molecule has 2 heterocycles. The molecule has 0 unspecified atom stereocenters. The number of aromatic nitrogens is 3. The number of nitrogens with zero attached hydrogens (tertiary/aromatic N) is 3. The van der Waals surface area contributed by atoms with E-state index in [4.69, 9.17) is 9.52 Å². The largest absolute Gasteiger partial charge is 0.419 e. The lowest BCUT2D eigenvalue weighted by atomic mass is 10.1. The van der Waals surface area contributed by atoms with E-state index in [1.54, 1.807) is 31.4 Å². The highest BCUT2D eigenvalue weighted by atomic mass is 16.4. The Kier molecular flexibility index (Phi) is 2.64. The van der Waals surface area contributed by atoms with Crippen molar-refractivity contribution < 1.29 is 9.52 Å². The summed E-state index contributed by atoms with van der Waals surface area (Å²) in [4.78, 5) is 19.6. The molecule has 19 heavy (non-hydrogen) atoms. The van der Waals surface area contributed by atoms with E-state index in [0.29, 0.717) is 17.1 Å². The monoisotopic (exact) mass is 257 g/mol. The van der Waals surface area contributed by atoms with Crippen LogP contribution in [0, 0.1) is 0 Å². The second-order valence-corrected chi connectivity index (χ2v) is 4.13. The molecule has 0 aliphatic heterocycles. The van der Waals surface area contributed by atoms with Crippen molar-refractivity contribution in [1.29, 1.82) is 0 Å². The Morgan fingerprint density at radius 3 is 3.00 bits per heavy atom. The van der Waals surface area contributed by atoms with Crippen molar-refractivity contribution in [2.24, 2.45) is 7.05 Å². The van der Waals surface area contributed by atoms with Crippen molar-refractivity contribution in [1.82, 2.24) is 14.5 Å². The molecule has 0 spiro atoms. The number of aryl methyl sites for hydroxylation is 1. The highest BCUT2D eigenvalue weighted by Crippen LogP contribution is 2.22. The molecule has 96 valence electrons. The van der Waals surface area contributed by atoms with Crippen molar-refractivity contribution in [3.8, 4) is 11.3 Å². The molecule has 1 aromatic carbocycles. The molecule has 0 saturated heterocycles. The molecule has 0 atom stereocenters. The number of aliphatic hydroxyl groups is 1. The molecule has 2 aromatic heterocycles. The van der Waals surface area contributed by atoms with Crippen molar-refractivity contribution in [3.05, 3.63) is 46.8 Å². The van der Waals surface area contributed by atoms with Crippen molar-refractivity contribution in [2.45, 2.75) is 6.61 Å². The molecule has 6 heteroatoms. The van der Waals surface area contributed by atoms with E-state index in [2.05, 4.69) is 9.97 Å². The van der Waals surface area contributed by atoms with E-state index in [9.17, 15) is 4.79 Å². The predicted molar refractivity (Wildman–Crippen MR) is 68.4 cm³/mol. The summed E-state index contributed by atoms with van der Waals surface area (Å²) >= 11 is 0. The molecule has 3 aromatic rings. The van der Waals surface area contributed by atoms with Gasteiger partial charge in [-0.05, 0) is 18.2 Å². The minimum atomic E-state index is -0.397. The zero-order chi connectivity index (χ0) is 13.4.